The number of aromatic nitrogens is 2. The highest BCUT2D eigenvalue weighted by Crippen LogP contribution is 2.30. The molecule has 1 aliphatic carbocycles. The molecule has 108 valence electrons. The van der Waals surface area contributed by atoms with Gasteiger partial charge in [0.1, 0.15) is 17.6 Å². The third-order valence-electron chi connectivity index (χ3n) is 3.82. The SMILES string of the molecule is N#Cc1cc(F)ccc1Oc1cnn(C2CCCCC2)c1. The van der Waals surface area contributed by atoms with Crippen molar-refractivity contribution in [3.63, 3.8) is 0 Å². The molecule has 21 heavy (non-hydrogen) atoms. The van der Waals surface area contributed by atoms with E-state index in [2.05, 4.69) is 5.10 Å². The van der Waals surface area contributed by atoms with E-state index >= 15 is 0 Å². The number of nitriles is 1. The van der Waals surface area contributed by atoms with Gasteiger partial charge in [-0.3, -0.25) is 4.68 Å². The van der Waals surface area contributed by atoms with Gasteiger partial charge in [0, 0.05) is 0 Å². The van der Waals surface area contributed by atoms with E-state index in [0.29, 0.717) is 17.5 Å². The number of rotatable bonds is 3. The monoisotopic (exact) mass is 285 g/mol. The number of hydrogen-bond acceptors (Lipinski definition) is 3. The molecule has 1 aliphatic rings. The number of nitrogens with zero attached hydrogens (tertiary/aromatic N) is 3. The third-order valence-corrected chi connectivity index (χ3v) is 3.82. The summed E-state index contributed by atoms with van der Waals surface area (Å²) in [5.74, 6) is 0.475. The van der Waals surface area contributed by atoms with E-state index in [1.165, 1.54) is 37.5 Å². The van der Waals surface area contributed by atoms with Crippen molar-refractivity contribution >= 4 is 0 Å². The summed E-state index contributed by atoms with van der Waals surface area (Å²) in [6, 6.07) is 6.28. The van der Waals surface area contributed by atoms with Crippen LogP contribution in [0.4, 0.5) is 4.39 Å². The summed E-state index contributed by atoms with van der Waals surface area (Å²) in [4.78, 5) is 0. The summed E-state index contributed by atoms with van der Waals surface area (Å²) in [5, 5.41) is 13.4. The Balaban J connectivity index is 1.77. The quantitative estimate of drug-likeness (QED) is 0.849. The van der Waals surface area contributed by atoms with E-state index in [-0.39, 0.29) is 5.56 Å². The Morgan fingerprint density at radius 1 is 1.29 bits per heavy atom. The molecule has 1 saturated carbocycles. The van der Waals surface area contributed by atoms with Crippen molar-refractivity contribution in [3.05, 3.63) is 42.0 Å². The maximum atomic E-state index is 13.1. The van der Waals surface area contributed by atoms with Crippen LogP contribution in [-0.4, -0.2) is 9.78 Å². The molecular weight excluding hydrogens is 269 g/mol. The summed E-state index contributed by atoms with van der Waals surface area (Å²) < 4.78 is 20.7. The summed E-state index contributed by atoms with van der Waals surface area (Å²) in [5.41, 5.74) is 0.181. The molecule has 0 atom stereocenters. The second kappa shape index (κ2) is 5.96. The van der Waals surface area contributed by atoms with Crippen LogP contribution >= 0.6 is 0 Å². The molecular formula is C16H16FN3O. The first-order chi connectivity index (χ1) is 10.3. The second-order valence-corrected chi connectivity index (χ2v) is 5.30. The first-order valence-electron chi connectivity index (χ1n) is 7.18. The number of benzene rings is 1. The van der Waals surface area contributed by atoms with Crippen LogP contribution in [0.25, 0.3) is 0 Å². The Kier molecular flexibility index (Phi) is 3.87. The van der Waals surface area contributed by atoms with Crippen molar-refractivity contribution in [3.8, 4) is 17.6 Å². The molecule has 0 radical (unpaired) electrons. The topological polar surface area (TPSA) is 50.8 Å². The molecule has 0 aliphatic heterocycles. The van der Waals surface area contributed by atoms with Gasteiger partial charge in [0.15, 0.2) is 5.75 Å². The molecule has 3 rings (SSSR count). The summed E-state index contributed by atoms with van der Waals surface area (Å²) >= 11 is 0. The van der Waals surface area contributed by atoms with Crippen LogP contribution in [0, 0.1) is 17.1 Å². The Morgan fingerprint density at radius 3 is 2.86 bits per heavy atom. The average molecular weight is 285 g/mol. The minimum atomic E-state index is -0.447. The highest BCUT2D eigenvalue weighted by atomic mass is 19.1. The largest absolute Gasteiger partial charge is 0.453 e. The lowest BCUT2D eigenvalue weighted by Crippen LogP contribution is -2.12. The van der Waals surface area contributed by atoms with Gasteiger partial charge in [-0.25, -0.2) is 4.39 Å². The minimum absolute atomic E-state index is 0.181. The van der Waals surface area contributed by atoms with Crippen LogP contribution < -0.4 is 4.74 Å². The van der Waals surface area contributed by atoms with Gasteiger partial charge in [0.05, 0.1) is 24.0 Å². The van der Waals surface area contributed by atoms with Gasteiger partial charge in [0.25, 0.3) is 0 Å². The van der Waals surface area contributed by atoms with Gasteiger partial charge >= 0.3 is 0 Å². The number of hydrogen-bond donors (Lipinski definition) is 0. The Hall–Kier alpha value is -2.35. The maximum Gasteiger partial charge on any atom is 0.165 e. The molecule has 1 aromatic heterocycles. The smallest absolute Gasteiger partial charge is 0.165 e. The predicted molar refractivity (Wildman–Crippen MR) is 75.5 cm³/mol. The fourth-order valence-corrected chi connectivity index (χ4v) is 2.72. The van der Waals surface area contributed by atoms with Gasteiger partial charge in [0.2, 0.25) is 0 Å². The zero-order valence-corrected chi connectivity index (χ0v) is 11.6. The molecule has 0 bridgehead atoms. The Morgan fingerprint density at radius 2 is 2.10 bits per heavy atom. The van der Waals surface area contributed by atoms with E-state index in [9.17, 15) is 4.39 Å². The lowest BCUT2D eigenvalue weighted by Gasteiger charge is -2.21. The fraction of sp³-hybridized carbons (Fsp3) is 0.375. The van der Waals surface area contributed by atoms with Crippen LogP contribution in [-0.2, 0) is 0 Å². The molecule has 4 nitrogen and oxygen atoms in total. The van der Waals surface area contributed by atoms with Crippen molar-refractivity contribution < 1.29 is 9.13 Å². The molecule has 0 saturated heterocycles. The minimum Gasteiger partial charge on any atom is -0.453 e. The van der Waals surface area contributed by atoms with Crippen molar-refractivity contribution in [2.24, 2.45) is 0 Å². The van der Waals surface area contributed by atoms with Crippen molar-refractivity contribution in [1.29, 1.82) is 5.26 Å². The van der Waals surface area contributed by atoms with E-state index in [1.54, 1.807) is 6.20 Å². The highest BCUT2D eigenvalue weighted by molar-refractivity contribution is 5.44. The summed E-state index contributed by atoms with van der Waals surface area (Å²) in [6.07, 6.45) is 9.53. The molecule has 0 unspecified atom stereocenters. The zero-order valence-electron chi connectivity index (χ0n) is 11.6. The molecule has 0 spiro atoms. The maximum absolute atomic E-state index is 13.1. The number of ether oxygens (including phenoxy) is 1. The number of halogens is 1. The van der Waals surface area contributed by atoms with Gasteiger partial charge in [-0.1, -0.05) is 19.3 Å². The Labute approximate surface area is 122 Å². The molecule has 1 aromatic carbocycles. The molecule has 0 N–H and O–H groups in total. The molecule has 1 heterocycles. The Bertz CT molecular complexity index is 668. The van der Waals surface area contributed by atoms with Crippen LogP contribution in [0.15, 0.2) is 30.6 Å². The van der Waals surface area contributed by atoms with E-state index in [1.807, 2.05) is 16.9 Å². The van der Waals surface area contributed by atoms with Gasteiger partial charge < -0.3 is 4.74 Å². The summed E-state index contributed by atoms with van der Waals surface area (Å²) in [7, 11) is 0. The van der Waals surface area contributed by atoms with E-state index in [4.69, 9.17) is 10.00 Å². The van der Waals surface area contributed by atoms with Crippen molar-refractivity contribution in [2.45, 2.75) is 38.1 Å². The first kappa shape index (κ1) is 13.6. The lowest BCUT2D eigenvalue weighted by molar-refractivity contribution is 0.328. The van der Waals surface area contributed by atoms with E-state index < -0.39 is 5.82 Å². The average Bonchev–Trinajstić information content (AvgIpc) is 2.98. The normalized spacial score (nSPS) is 15.6. The van der Waals surface area contributed by atoms with Crippen LogP contribution in [0.3, 0.4) is 0 Å². The zero-order chi connectivity index (χ0) is 14.7. The van der Waals surface area contributed by atoms with Crippen molar-refractivity contribution in [1.82, 2.24) is 9.78 Å². The van der Waals surface area contributed by atoms with Gasteiger partial charge in [-0.05, 0) is 31.0 Å². The summed E-state index contributed by atoms with van der Waals surface area (Å²) in [6.45, 7) is 0. The lowest BCUT2D eigenvalue weighted by atomic mass is 9.96. The third kappa shape index (κ3) is 3.05. The van der Waals surface area contributed by atoms with Crippen LogP contribution in [0.2, 0.25) is 0 Å². The predicted octanol–water partition coefficient (Wildman–Crippen LogP) is 4.19. The molecule has 2 aromatic rings. The standard InChI is InChI=1S/C16H16FN3O/c17-13-6-7-16(12(8-13)9-18)21-15-10-19-20(11-15)14-4-2-1-3-5-14/h6-8,10-11,14H,1-5H2. The molecule has 1 fully saturated rings. The van der Waals surface area contributed by atoms with Crippen molar-refractivity contribution in [2.75, 3.05) is 0 Å². The molecule has 0 amide bonds. The van der Waals surface area contributed by atoms with E-state index in [0.717, 1.165) is 12.8 Å². The highest BCUT2D eigenvalue weighted by Gasteiger charge is 2.16. The fourth-order valence-electron chi connectivity index (χ4n) is 2.72. The second-order valence-electron chi connectivity index (χ2n) is 5.30. The van der Waals surface area contributed by atoms with Crippen LogP contribution in [0.1, 0.15) is 43.7 Å². The van der Waals surface area contributed by atoms with Gasteiger partial charge in [-0.15, -0.1) is 0 Å². The van der Waals surface area contributed by atoms with Crippen LogP contribution in [0.5, 0.6) is 11.5 Å². The first-order valence-corrected chi connectivity index (χ1v) is 7.18. The molecule has 5 heteroatoms. The van der Waals surface area contributed by atoms with Gasteiger partial charge in [-0.2, -0.15) is 10.4 Å².